The van der Waals surface area contributed by atoms with Crippen LogP contribution >= 0.6 is 12.4 Å². The van der Waals surface area contributed by atoms with E-state index in [1.807, 2.05) is 0 Å². The molecule has 1 aliphatic rings. The molecule has 0 saturated heterocycles. The third kappa shape index (κ3) is 2.11. The summed E-state index contributed by atoms with van der Waals surface area (Å²) in [5, 5.41) is 18.6. The van der Waals surface area contributed by atoms with E-state index in [1.54, 1.807) is 12.1 Å². The second-order valence-electron chi connectivity index (χ2n) is 3.61. The van der Waals surface area contributed by atoms with Gasteiger partial charge in [-0.15, -0.1) is 12.4 Å². The summed E-state index contributed by atoms with van der Waals surface area (Å²) in [4.78, 5) is 0. The zero-order chi connectivity index (χ0) is 9.42. The van der Waals surface area contributed by atoms with Gasteiger partial charge in [-0.3, -0.25) is 0 Å². The van der Waals surface area contributed by atoms with Crippen molar-refractivity contribution in [3.8, 4) is 11.5 Å². The van der Waals surface area contributed by atoms with E-state index >= 15 is 0 Å². The van der Waals surface area contributed by atoms with Crippen LogP contribution in [-0.2, 0) is 0 Å². The molecule has 0 aliphatic heterocycles. The Morgan fingerprint density at radius 3 is 2.43 bits per heavy atom. The number of aromatic hydroxyl groups is 2. The number of phenols is 2. The summed E-state index contributed by atoms with van der Waals surface area (Å²) in [7, 11) is 0. The Kier molecular flexibility index (Phi) is 3.24. The van der Waals surface area contributed by atoms with Crippen LogP contribution in [0.2, 0.25) is 0 Å². The van der Waals surface area contributed by atoms with E-state index in [-0.39, 0.29) is 29.9 Å². The topological polar surface area (TPSA) is 66.5 Å². The highest BCUT2D eigenvalue weighted by Gasteiger charge is 2.30. The molecule has 1 saturated carbocycles. The predicted molar refractivity (Wildman–Crippen MR) is 56.7 cm³/mol. The molecule has 14 heavy (non-hydrogen) atoms. The first-order chi connectivity index (χ1) is 6.18. The van der Waals surface area contributed by atoms with E-state index in [0.717, 1.165) is 18.4 Å². The monoisotopic (exact) mass is 215 g/mol. The van der Waals surface area contributed by atoms with Crippen molar-refractivity contribution in [1.82, 2.24) is 0 Å². The summed E-state index contributed by atoms with van der Waals surface area (Å²) in [5.74, 6) is 0.680. The highest BCUT2D eigenvalue weighted by Crippen LogP contribution is 2.42. The summed E-state index contributed by atoms with van der Waals surface area (Å²) in [6.07, 6.45) is 2.28. The molecule has 0 aromatic heterocycles. The molecule has 4 heteroatoms. The highest BCUT2D eigenvalue weighted by molar-refractivity contribution is 5.85. The van der Waals surface area contributed by atoms with Crippen LogP contribution in [0.25, 0.3) is 0 Å². The summed E-state index contributed by atoms with van der Waals surface area (Å²) in [6.45, 7) is 0. The van der Waals surface area contributed by atoms with Crippen molar-refractivity contribution in [2.45, 2.75) is 18.9 Å². The van der Waals surface area contributed by atoms with Gasteiger partial charge in [-0.2, -0.15) is 0 Å². The Bertz CT molecular complexity index is 326. The van der Waals surface area contributed by atoms with Crippen LogP contribution in [0.15, 0.2) is 18.2 Å². The first-order valence-corrected chi connectivity index (χ1v) is 4.46. The molecule has 1 atom stereocenters. The number of hydrogen-bond acceptors (Lipinski definition) is 3. The summed E-state index contributed by atoms with van der Waals surface area (Å²) >= 11 is 0. The molecule has 2 rings (SSSR count). The van der Waals surface area contributed by atoms with Gasteiger partial charge in [0, 0.05) is 17.7 Å². The van der Waals surface area contributed by atoms with Crippen LogP contribution in [-0.4, -0.2) is 10.2 Å². The van der Waals surface area contributed by atoms with Crippen molar-refractivity contribution >= 4 is 12.4 Å². The maximum Gasteiger partial charge on any atom is 0.124 e. The Labute approximate surface area is 89.0 Å². The van der Waals surface area contributed by atoms with Crippen molar-refractivity contribution in [2.75, 3.05) is 0 Å². The molecular weight excluding hydrogens is 202 g/mol. The average Bonchev–Trinajstić information content (AvgIpc) is 2.85. The predicted octanol–water partition coefficient (Wildman–Crippen LogP) is 1.93. The lowest BCUT2D eigenvalue weighted by Gasteiger charge is -2.12. The largest absolute Gasteiger partial charge is 0.508 e. The fourth-order valence-corrected chi connectivity index (χ4v) is 1.52. The summed E-state index contributed by atoms with van der Waals surface area (Å²) < 4.78 is 0. The standard InChI is InChI=1S/C10H13NO2.ClH/c11-10(6-1-2-6)8-4-3-7(12)5-9(8)13;/h3-6,10,12-13H,1-2,11H2;1H/t10-;/m0./s1. The van der Waals surface area contributed by atoms with Crippen molar-refractivity contribution in [2.24, 2.45) is 11.7 Å². The SMILES string of the molecule is Cl.N[C@H](c1ccc(O)cc1O)C1CC1. The number of hydrogen-bond donors (Lipinski definition) is 3. The number of nitrogens with two attached hydrogens (primary N) is 1. The van der Waals surface area contributed by atoms with Gasteiger partial charge >= 0.3 is 0 Å². The number of benzene rings is 1. The van der Waals surface area contributed by atoms with Crippen molar-refractivity contribution in [1.29, 1.82) is 0 Å². The highest BCUT2D eigenvalue weighted by atomic mass is 35.5. The zero-order valence-electron chi connectivity index (χ0n) is 7.68. The molecule has 1 aliphatic carbocycles. The minimum Gasteiger partial charge on any atom is -0.508 e. The molecule has 1 fully saturated rings. The van der Waals surface area contributed by atoms with Gasteiger partial charge in [0.25, 0.3) is 0 Å². The zero-order valence-corrected chi connectivity index (χ0v) is 8.50. The van der Waals surface area contributed by atoms with Crippen LogP contribution in [0.3, 0.4) is 0 Å². The molecular formula is C10H14ClNO2. The minimum atomic E-state index is -0.0828. The third-order valence-corrected chi connectivity index (χ3v) is 2.50. The van der Waals surface area contributed by atoms with E-state index in [1.165, 1.54) is 6.07 Å². The van der Waals surface area contributed by atoms with Crippen LogP contribution < -0.4 is 5.73 Å². The van der Waals surface area contributed by atoms with E-state index in [4.69, 9.17) is 10.8 Å². The second kappa shape index (κ2) is 4.07. The van der Waals surface area contributed by atoms with Crippen molar-refractivity contribution < 1.29 is 10.2 Å². The summed E-state index contributed by atoms with van der Waals surface area (Å²) in [5.41, 5.74) is 6.65. The quantitative estimate of drug-likeness (QED) is 0.706. The Morgan fingerprint density at radius 2 is 1.93 bits per heavy atom. The van der Waals surface area contributed by atoms with E-state index in [0.29, 0.717) is 5.92 Å². The molecule has 3 nitrogen and oxygen atoms in total. The van der Waals surface area contributed by atoms with Gasteiger partial charge < -0.3 is 15.9 Å². The lowest BCUT2D eigenvalue weighted by Crippen LogP contribution is -2.12. The van der Waals surface area contributed by atoms with Crippen LogP contribution in [0, 0.1) is 5.92 Å². The number of rotatable bonds is 2. The van der Waals surface area contributed by atoms with E-state index in [9.17, 15) is 5.11 Å². The lowest BCUT2D eigenvalue weighted by molar-refractivity contribution is 0.438. The van der Waals surface area contributed by atoms with Gasteiger partial charge in [0.1, 0.15) is 11.5 Å². The molecule has 0 unspecified atom stereocenters. The maximum atomic E-state index is 9.50. The molecule has 1 aromatic carbocycles. The van der Waals surface area contributed by atoms with Crippen LogP contribution in [0.1, 0.15) is 24.4 Å². The van der Waals surface area contributed by atoms with Crippen LogP contribution in [0.4, 0.5) is 0 Å². The first kappa shape index (κ1) is 11.1. The smallest absolute Gasteiger partial charge is 0.124 e. The molecule has 0 heterocycles. The van der Waals surface area contributed by atoms with E-state index in [2.05, 4.69) is 0 Å². The van der Waals surface area contributed by atoms with E-state index < -0.39 is 0 Å². The molecule has 4 N–H and O–H groups in total. The third-order valence-electron chi connectivity index (χ3n) is 2.50. The van der Waals surface area contributed by atoms with Gasteiger partial charge in [0.05, 0.1) is 0 Å². The molecule has 0 amide bonds. The average molecular weight is 216 g/mol. The lowest BCUT2D eigenvalue weighted by atomic mass is 10.0. The van der Waals surface area contributed by atoms with Gasteiger partial charge in [-0.1, -0.05) is 6.07 Å². The molecule has 0 bridgehead atoms. The Hall–Kier alpha value is -0.930. The maximum absolute atomic E-state index is 9.50. The molecule has 1 aromatic rings. The molecule has 0 radical (unpaired) electrons. The van der Waals surface area contributed by atoms with Gasteiger partial charge in [0.15, 0.2) is 0 Å². The fourth-order valence-electron chi connectivity index (χ4n) is 1.52. The van der Waals surface area contributed by atoms with Gasteiger partial charge in [-0.05, 0) is 24.8 Å². The molecule has 0 spiro atoms. The van der Waals surface area contributed by atoms with Crippen molar-refractivity contribution in [3.05, 3.63) is 23.8 Å². The Morgan fingerprint density at radius 1 is 1.29 bits per heavy atom. The summed E-state index contributed by atoms with van der Waals surface area (Å²) in [6, 6.07) is 4.49. The normalized spacial score (nSPS) is 17.2. The first-order valence-electron chi connectivity index (χ1n) is 4.46. The minimum absolute atomic E-state index is 0. The molecule has 78 valence electrons. The van der Waals surface area contributed by atoms with Crippen molar-refractivity contribution in [3.63, 3.8) is 0 Å². The fraction of sp³-hybridized carbons (Fsp3) is 0.400. The number of phenolic OH excluding ortho intramolecular Hbond substituents is 2. The second-order valence-corrected chi connectivity index (χ2v) is 3.61. The van der Waals surface area contributed by atoms with Gasteiger partial charge in [0.2, 0.25) is 0 Å². The Balaban J connectivity index is 0.000000980. The van der Waals surface area contributed by atoms with Gasteiger partial charge in [-0.25, -0.2) is 0 Å². The number of halogens is 1. The van der Waals surface area contributed by atoms with Crippen LogP contribution in [0.5, 0.6) is 11.5 Å².